The highest BCUT2D eigenvalue weighted by Gasteiger charge is 2.17. The molecule has 1 unspecified atom stereocenters. The average Bonchev–Trinajstić information content (AvgIpc) is 2.59. The lowest BCUT2D eigenvalue weighted by molar-refractivity contribution is -0.386. The number of nitro benzene ring substituents is 1. The molecule has 26 heavy (non-hydrogen) atoms. The van der Waals surface area contributed by atoms with Gasteiger partial charge in [0.1, 0.15) is 18.4 Å². The average molecular weight is 360 g/mol. The molecule has 0 heterocycles. The van der Waals surface area contributed by atoms with Crippen molar-refractivity contribution in [2.45, 2.75) is 26.0 Å². The summed E-state index contributed by atoms with van der Waals surface area (Å²) in [6, 6.07) is 8.74. The Labute approximate surface area is 150 Å². The largest absolute Gasteiger partial charge is 0.496 e. The molecule has 0 amide bonds. The van der Waals surface area contributed by atoms with Gasteiger partial charge in [-0.1, -0.05) is 12.1 Å². The van der Waals surface area contributed by atoms with Crippen molar-refractivity contribution >= 4 is 11.7 Å². The number of nitro groups is 1. The molecule has 2 rings (SSSR count). The van der Waals surface area contributed by atoms with E-state index >= 15 is 0 Å². The van der Waals surface area contributed by atoms with Crippen molar-refractivity contribution in [1.82, 2.24) is 0 Å². The lowest BCUT2D eigenvalue weighted by Crippen LogP contribution is -2.32. The van der Waals surface area contributed by atoms with Crippen molar-refractivity contribution in [2.75, 3.05) is 7.11 Å². The van der Waals surface area contributed by atoms with E-state index < -0.39 is 16.9 Å². The fourth-order valence-corrected chi connectivity index (χ4v) is 2.46. The molecule has 8 nitrogen and oxygen atoms in total. The Balaban J connectivity index is 2.24. The number of benzene rings is 2. The van der Waals surface area contributed by atoms with Gasteiger partial charge in [-0.05, 0) is 42.7 Å². The first-order valence-corrected chi connectivity index (χ1v) is 7.84. The van der Waals surface area contributed by atoms with Crippen molar-refractivity contribution in [2.24, 2.45) is 5.73 Å². The molecule has 0 bridgehead atoms. The van der Waals surface area contributed by atoms with Crippen molar-refractivity contribution in [3.05, 3.63) is 63.2 Å². The molecule has 1 atom stereocenters. The third kappa shape index (κ3) is 4.70. The van der Waals surface area contributed by atoms with Gasteiger partial charge in [-0.2, -0.15) is 0 Å². The molecule has 2 aromatic carbocycles. The summed E-state index contributed by atoms with van der Waals surface area (Å²) in [5, 5.41) is 20.1. The first-order valence-electron chi connectivity index (χ1n) is 7.84. The van der Waals surface area contributed by atoms with Gasteiger partial charge in [0.25, 0.3) is 0 Å². The number of ether oxygens (including phenoxy) is 2. The summed E-state index contributed by atoms with van der Waals surface area (Å²) in [4.78, 5) is 21.5. The van der Waals surface area contributed by atoms with E-state index in [1.54, 1.807) is 30.3 Å². The number of rotatable bonds is 8. The van der Waals surface area contributed by atoms with Crippen molar-refractivity contribution < 1.29 is 24.3 Å². The van der Waals surface area contributed by atoms with Crippen LogP contribution in [0.1, 0.15) is 16.7 Å². The lowest BCUT2D eigenvalue weighted by Gasteiger charge is -2.13. The lowest BCUT2D eigenvalue weighted by atomic mass is 10.0. The first-order chi connectivity index (χ1) is 12.3. The molecule has 0 aliphatic carbocycles. The van der Waals surface area contributed by atoms with Gasteiger partial charge >= 0.3 is 11.7 Å². The standard InChI is InChI=1S/C18H20N2O6/c1-11-3-5-15(20(23)24)17(7-11)26-10-13-8-12(4-6-16(13)25-2)9-14(19)18(21)22/h3-8,14H,9-10,19H2,1-2H3,(H,21,22). The van der Waals surface area contributed by atoms with Gasteiger partial charge < -0.3 is 20.3 Å². The highest BCUT2D eigenvalue weighted by atomic mass is 16.6. The van der Waals surface area contributed by atoms with Crippen LogP contribution in [-0.4, -0.2) is 29.2 Å². The quantitative estimate of drug-likeness (QED) is 0.547. The summed E-state index contributed by atoms with van der Waals surface area (Å²) in [5.41, 5.74) is 7.62. The summed E-state index contributed by atoms with van der Waals surface area (Å²) < 4.78 is 10.9. The Morgan fingerprint density at radius 1 is 1.27 bits per heavy atom. The zero-order valence-corrected chi connectivity index (χ0v) is 14.5. The summed E-state index contributed by atoms with van der Waals surface area (Å²) in [6.07, 6.45) is 0.150. The second-order valence-corrected chi connectivity index (χ2v) is 5.81. The van der Waals surface area contributed by atoms with E-state index in [2.05, 4.69) is 0 Å². The van der Waals surface area contributed by atoms with E-state index in [4.69, 9.17) is 20.3 Å². The van der Waals surface area contributed by atoms with Crippen LogP contribution in [0.3, 0.4) is 0 Å². The second kappa shape index (κ2) is 8.30. The molecule has 138 valence electrons. The Bertz CT molecular complexity index is 821. The summed E-state index contributed by atoms with van der Waals surface area (Å²) in [7, 11) is 1.50. The van der Waals surface area contributed by atoms with Gasteiger partial charge in [0.15, 0.2) is 5.75 Å². The number of aryl methyl sites for hydroxylation is 1. The maximum absolute atomic E-state index is 11.1. The Morgan fingerprint density at radius 3 is 2.62 bits per heavy atom. The number of aliphatic carboxylic acids is 1. The molecule has 0 aliphatic rings. The fourth-order valence-electron chi connectivity index (χ4n) is 2.46. The van der Waals surface area contributed by atoms with E-state index in [9.17, 15) is 14.9 Å². The number of carboxylic acid groups (broad SMARTS) is 1. The van der Waals surface area contributed by atoms with Crippen LogP contribution in [0.2, 0.25) is 0 Å². The third-order valence-electron chi connectivity index (χ3n) is 3.81. The molecular formula is C18H20N2O6. The van der Waals surface area contributed by atoms with E-state index in [1.165, 1.54) is 13.2 Å². The minimum atomic E-state index is -1.09. The minimum absolute atomic E-state index is 0.0314. The van der Waals surface area contributed by atoms with Gasteiger partial charge in [0.05, 0.1) is 12.0 Å². The van der Waals surface area contributed by atoms with Crippen LogP contribution in [0.4, 0.5) is 5.69 Å². The second-order valence-electron chi connectivity index (χ2n) is 5.81. The van der Waals surface area contributed by atoms with Crippen LogP contribution >= 0.6 is 0 Å². The Morgan fingerprint density at radius 2 is 2.00 bits per heavy atom. The van der Waals surface area contributed by atoms with Crippen molar-refractivity contribution in [1.29, 1.82) is 0 Å². The normalized spacial score (nSPS) is 11.7. The van der Waals surface area contributed by atoms with Crippen molar-refractivity contribution in [3.63, 3.8) is 0 Å². The fraction of sp³-hybridized carbons (Fsp3) is 0.278. The van der Waals surface area contributed by atoms with Gasteiger partial charge in [0.2, 0.25) is 0 Å². The number of carboxylic acids is 1. The topological polar surface area (TPSA) is 125 Å². The van der Waals surface area contributed by atoms with Crippen LogP contribution in [0.15, 0.2) is 36.4 Å². The Kier molecular flexibility index (Phi) is 6.13. The summed E-state index contributed by atoms with van der Waals surface area (Å²) >= 11 is 0. The predicted molar refractivity (Wildman–Crippen MR) is 94.5 cm³/mol. The number of methoxy groups -OCH3 is 1. The van der Waals surface area contributed by atoms with E-state index in [1.807, 2.05) is 6.92 Å². The minimum Gasteiger partial charge on any atom is -0.496 e. The molecule has 0 fully saturated rings. The molecule has 2 aromatic rings. The summed E-state index contributed by atoms with van der Waals surface area (Å²) in [5.74, 6) is -0.397. The van der Waals surface area contributed by atoms with E-state index in [-0.39, 0.29) is 24.5 Å². The van der Waals surface area contributed by atoms with Gasteiger partial charge in [0, 0.05) is 11.6 Å². The van der Waals surface area contributed by atoms with Gasteiger partial charge in [-0.15, -0.1) is 0 Å². The molecule has 0 saturated heterocycles. The number of carbonyl (C=O) groups is 1. The van der Waals surface area contributed by atoms with Crippen LogP contribution in [0.5, 0.6) is 11.5 Å². The smallest absolute Gasteiger partial charge is 0.320 e. The monoisotopic (exact) mass is 360 g/mol. The number of nitrogens with two attached hydrogens (primary N) is 1. The highest BCUT2D eigenvalue weighted by molar-refractivity contribution is 5.73. The van der Waals surface area contributed by atoms with E-state index in [0.717, 1.165) is 5.56 Å². The first kappa shape index (κ1) is 19.2. The molecule has 8 heteroatoms. The predicted octanol–water partition coefficient (Wildman–Crippen LogP) is 2.45. The maximum atomic E-state index is 11.1. The molecule has 0 aromatic heterocycles. The zero-order chi connectivity index (χ0) is 19.3. The molecular weight excluding hydrogens is 340 g/mol. The molecule has 0 radical (unpaired) electrons. The summed E-state index contributed by atoms with van der Waals surface area (Å²) in [6.45, 7) is 1.84. The highest BCUT2D eigenvalue weighted by Crippen LogP contribution is 2.30. The molecule has 0 spiro atoms. The van der Waals surface area contributed by atoms with Crippen LogP contribution in [-0.2, 0) is 17.8 Å². The third-order valence-corrected chi connectivity index (χ3v) is 3.81. The van der Waals surface area contributed by atoms with Crippen LogP contribution in [0, 0.1) is 17.0 Å². The van der Waals surface area contributed by atoms with Gasteiger partial charge in [-0.3, -0.25) is 14.9 Å². The SMILES string of the molecule is COc1ccc(CC(N)C(=O)O)cc1COc1cc(C)ccc1[N+](=O)[O-]. The van der Waals surface area contributed by atoms with Crippen LogP contribution in [0.25, 0.3) is 0 Å². The molecule has 0 aliphatic heterocycles. The van der Waals surface area contributed by atoms with Crippen molar-refractivity contribution in [3.8, 4) is 11.5 Å². The maximum Gasteiger partial charge on any atom is 0.320 e. The van der Waals surface area contributed by atoms with Crippen LogP contribution < -0.4 is 15.2 Å². The van der Waals surface area contributed by atoms with Gasteiger partial charge in [-0.25, -0.2) is 0 Å². The molecule has 0 saturated carbocycles. The molecule has 3 N–H and O–H groups in total. The number of nitrogens with zero attached hydrogens (tertiary/aromatic N) is 1. The number of hydrogen-bond donors (Lipinski definition) is 2. The number of hydrogen-bond acceptors (Lipinski definition) is 6. The Hall–Kier alpha value is -3.13. The zero-order valence-electron chi connectivity index (χ0n) is 14.5. The van der Waals surface area contributed by atoms with E-state index in [0.29, 0.717) is 16.9 Å².